The Morgan fingerprint density at radius 3 is 2.65 bits per heavy atom. The number of amides is 1. The number of halogens is 1. The molecule has 0 atom stereocenters. The molecule has 0 aliphatic heterocycles. The SMILES string of the molecule is O=C(NCCNc1ncnc2c(F)cccc12)c1ccccc1. The van der Waals surface area contributed by atoms with E-state index in [2.05, 4.69) is 20.6 Å². The third-order valence-corrected chi connectivity index (χ3v) is 3.35. The summed E-state index contributed by atoms with van der Waals surface area (Å²) in [6.07, 6.45) is 1.32. The first-order valence-corrected chi connectivity index (χ1v) is 7.22. The molecular weight excluding hydrogens is 295 g/mol. The third kappa shape index (κ3) is 3.42. The fraction of sp³-hybridized carbons (Fsp3) is 0.118. The van der Waals surface area contributed by atoms with E-state index in [0.717, 1.165) is 0 Å². The van der Waals surface area contributed by atoms with Gasteiger partial charge in [-0.2, -0.15) is 0 Å². The average molecular weight is 310 g/mol. The summed E-state index contributed by atoms with van der Waals surface area (Å²) >= 11 is 0. The molecule has 0 aliphatic rings. The van der Waals surface area contributed by atoms with Crippen LogP contribution in [0.1, 0.15) is 10.4 Å². The summed E-state index contributed by atoms with van der Waals surface area (Å²) in [6.45, 7) is 0.899. The lowest BCUT2D eigenvalue weighted by atomic mass is 10.2. The number of carbonyl (C=O) groups is 1. The van der Waals surface area contributed by atoms with Crippen molar-refractivity contribution in [3.8, 4) is 0 Å². The van der Waals surface area contributed by atoms with Gasteiger partial charge in [-0.3, -0.25) is 4.79 Å². The normalized spacial score (nSPS) is 10.5. The second-order valence-electron chi connectivity index (χ2n) is 4.91. The van der Waals surface area contributed by atoms with E-state index in [1.807, 2.05) is 18.2 Å². The molecule has 0 saturated carbocycles. The van der Waals surface area contributed by atoms with Crippen LogP contribution < -0.4 is 10.6 Å². The van der Waals surface area contributed by atoms with Gasteiger partial charge >= 0.3 is 0 Å². The molecule has 116 valence electrons. The Hall–Kier alpha value is -3.02. The van der Waals surface area contributed by atoms with Crippen molar-refractivity contribution in [2.45, 2.75) is 0 Å². The van der Waals surface area contributed by atoms with Crippen LogP contribution in [0.4, 0.5) is 10.2 Å². The van der Waals surface area contributed by atoms with Crippen molar-refractivity contribution in [3.63, 3.8) is 0 Å². The summed E-state index contributed by atoms with van der Waals surface area (Å²) in [5, 5.41) is 6.51. The first-order valence-electron chi connectivity index (χ1n) is 7.22. The van der Waals surface area contributed by atoms with Crippen molar-refractivity contribution in [2.75, 3.05) is 18.4 Å². The molecule has 2 aromatic carbocycles. The highest BCUT2D eigenvalue weighted by molar-refractivity contribution is 5.94. The monoisotopic (exact) mass is 310 g/mol. The van der Waals surface area contributed by atoms with Gasteiger partial charge in [-0.25, -0.2) is 14.4 Å². The molecule has 0 aliphatic carbocycles. The van der Waals surface area contributed by atoms with Crippen LogP contribution in [-0.4, -0.2) is 29.0 Å². The summed E-state index contributed by atoms with van der Waals surface area (Å²) in [5.74, 6) is 0.0276. The molecule has 0 fully saturated rings. The lowest BCUT2D eigenvalue weighted by Crippen LogP contribution is -2.28. The zero-order valence-electron chi connectivity index (χ0n) is 12.3. The molecule has 5 nitrogen and oxygen atoms in total. The molecule has 1 amide bonds. The minimum absolute atomic E-state index is 0.133. The van der Waals surface area contributed by atoms with Gasteiger partial charge in [0.05, 0.1) is 0 Å². The van der Waals surface area contributed by atoms with Crippen LogP contribution >= 0.6 is 0 Å². The summed E-state index contributed by atoms with van der Waals surface area (Å²) in [5.41, 5.74) is 0.889. The van der Waals surface area contributed by atoms with Gasteiger partial charge in [0.15, 0.2) is 0 Å². The smallest absolute Gasteiger partial charge is 0.251 e. The predicted molar refractivity (Wildman–Crippen MR) is 86.8 cm³/mol. The number of nitrogens with zero attached hydrogens (tertiary/aromatic N) is 2. The number of carbonyl (C=O) groups excluding carboxylic acids is 1. The van der Waals surface area contributed by atoms with E-state index in [1.165, 1.54) is 12.4 Å². The molecule has 0 radical (unpaired) electrons. The Kier molecular flexibility index (Phi) is 4.42. The minimum atomic E-state index is -0.384. The number of aromatic nitrogens is 2. The minimum Gasteiger partial charge on any atom is -0.368 e. The molecule has 3 rings (SSSR count). The zero-order valence-corrected chi connectivity index (χ0v) is 12.3. The first-order chi connectivity index (χ1) is 11.3. The average Bonchev–Trinajstić information content (AvgIpc) is 2.60. The van der Waals surface area contributed by atoms with E-state index < -0.39 is 0 Å². The number of hydrogen-bond acceptors (Lipinski definition) is 4. The molecule has 0 spiro atoms. The topological polar surface area (TPSA) is 66.9 Å². The maximum absolute atomic E-state index is 13.7. The van der Waals surface area contributed by atoms with Crippen LogP contribution in [0.2, 0.25) is 0 Å². The number of nitrogens with one attached hydrogen (secondary N) is 2. The predicted octanol–water partition coefficient (Wildman–Crippen LogP) is 2.61. The Bertz CT molecular complexity index is 823. The Labute approximate surface area is 132 Å². The fourth-order valence-corrected chi connectivity index (χ4v) is 2.24. The van der Waals surface area contributed by atoms with Crippen LogP contribution in [0, 0.1) is 5.82 Å². The van der Waals surface area contributed by atoms with E-state index in [9.17, 15) is 9.18 Å². The molecule has 3 aromatic rings. The lowest BCUT2D eigenvalue weighted by molar-refractivity contribution is 0.0955. The summed E-state index contributed by atoms with van der Waals surface area (Å²) in [7, 11) is 0. The van der Waals surface area contributed by atoms with Crippen molar-refractivity contribution in [1.82, 2.24) is 15.3 Å². The quantitative estimate of drug-likeness (QED) is 0.711. The lowest BCUT2D eigenvalue weighted by Gasteiger charge is -2.09. The number of rotatable bonds is 5. The molecule has 0 unspecified atom stereocenters. The van der Waals surface area contributed by atoms with Gasteiger partial charge in [0.2, 0.25) is 0 Å². The Morgan fingerprint density at radius 2 is 1.83 bits per heavy atom. The van der Waals surface area contributed by atoms with Gasteiger partial charge in [-0.1, -0.05) is 24.3 Å². The van der Waals surface area contributed by atoms with Crippen molar-refractivity contribution < 1.29 is 9.18 Å². The summed E-state index contributed by atoms with van der Waals surface area (Å²) < 4.78 is 13.7. The van der Waals surface area contributed by atoms with Gasteiger partial charge in [0, 0.05) is 24.0 Å². The molecule has 0 bridgehead atoms. The highest BCUT2D eigenvalue weighted by Crippen LogP contribution is 2.20. The molecule has 0 saturated heterocycles. The van der Waals surface area contributed by atoms with Crippen molar-refractivity contribution in [1.29, 1.82) is 0 Å². The number of anilines is 1. The number of para-hydroxylation sites is 1. The van der Waals surface area contributed by atoms with Crippen LogP contribution in [0.25, 0.3) is 10.9 Å². The van der Waals surface area contributed by atoms with Crippen molar-refractivity contribution >= 4 is 22.6 Å². The largest absolute Gasteiger partial charge is 0.368 e. The van der Waals surface area contributed by atoms with Gasteiger partial charge in [0.1, 0.15) is 23.5 Å². The highest BCUT2D eigenvalue weighted by Gasteiger charge is 2.07. The van der Waals surface area contributed by atoms with Crippen LogP contribution in [0.15, 0.2) is 54.9 Å². The van der Waals surface area contributed by atoms with Crippen LogP contribution in [0.5, 0.6) is 0 Å². The zero-order chi connectivity index (χ0) is 16.1. The fourth-order valence-electron chi connectivity index (χ4n) is 2.24. The molecule has 23 heavy (non-hydrogen) atoms. The maximum atomic E-state index is 13.7. The van der Waals surface area contributed by atoms with Crippen LogP contribution in [-0.2, 0) is 0 Å². The van der Waals surface area contributed by atoms with Gasteiger partial charge < -0.3 is 10.6 Å². The molecule has 1 heterocycles. The first kappa shape index (κ1) is 14.9. The van der Waals surface area contributed by atoms with E-state index in [1.54, 1.807) is 24.3 Å². The van der Waals surface area contributed by atoms with Gasteiger partial charge in [0.25, 0.3) is 5.91 Å². The Morgan fingerprint density at radius 1 is 1.00 bits per heavy atom. The summed E-state index contributed by atoms with van der Waals surface area (Å²) in [6, 6.07) is 13.7. The maximum Gasteiger partial charge on any atom is 0.251 e. The third-order valence-electron chi connectivity index (χ3n) is 3.35. The second kappa shape index (κ2) is 6.83. The number of hydrogen-bond donors (Lipinski definition) is 2. The van der Waals surface area contributed by atoms with E-state index >= 15 is 0 Å². The van der Waals surface area contributed by atoms with Crippen LogP contribution in [0.3, 0.4) is 0 Å². The number of fused-ring (bicyclic) bond motifs is 1. The number of benzene rings is 2. The second-order valence-corrected chi connectivity index (χ2v) is 4.91. The van der Waals surface area contributed by atoms with E-state index in [0.29, 0.717) is 29.9 Å². The van der Waals surface area contributed by atoms with Gasteiger partial charge in [-0.05, 0) is 24.3 Å². The van der Waals surface area contributed by atoms with E-state index in [-0.39, 0.29) is 17.2 Å². The van der Waals surface area contributed by atoms with E-state index in [4.69, 9.17) is 0 Å². The highest BCUT2D eigenvalue weighted by atomic mass is 19.1. The molecule has 6 heteroatoms. The summed E-state index contributed by atoms with van der Waals surface area (Å²) in [4.78, 5) is 20.0. The van der Waals surface area contributed by atoms with Gasteiger partial charge in [-0.15, -0.1) is 0 Å². The standard InChI is InChI=1S/C17H15FN4O/c18-14-8-4-7-13-15(14)21-11-22-16(13)19-9-10-20-17(23)12-5-2-1-3-6-12/h1-8,11H,9-10H2,(H,20,23)(H,19,21,22). The van der Waals surface area contributed by atoms with Crippen molar-refractivity contribution in [3.05, 3.63) is 66.2 Å². The molecular formula is C17H15FN4O. The molecule has 2 N–H and O–H groups in total. The molecule has 1 aromatic heterocycles. The Balaban J connectivity index is 1.59. The van der Waals surface area contributed by atoms with Crippen molar-refractivity contribution in [2.24, 2.45) is 0 Å².